The number of phenols is 1. The Labute approximate surface area is 425 Å². The van der Waals surface area contributed by atoms with Crippen LogP contribution in [0.4, 0.5) is 0 Å². The Hall–Kier alpha value is -7.32. The summed E-state index contributed by atoms with van der Waals surface area (Å²) in [4.78, 5) is 144. The molecule has 0 unspecified atom stereocenters. The van der Waals surface area contributed by atoms with Crippen LogP contribution in [0.25, 0.3) is 0 Å². The Morgan fingerprint density at radius 1 is 0.548 bits per heavy atom. The van der Waals surface area contributed by atoms with Crippen molar-refractivity contribution in [1.29, 1.82) is 0 Å². The first-order valence-electron chi connectivity index (χ1n) is 23.2. The van der Waals surface area contributed by atoms with Crippen LogP contribution in [0, 0.1) is 5.92 Å². The SMILES string of the molecule is CSCC[C@H](NC(=O)[C@H](CC(N)=O)NC(=O)[C@H](Cc1ccccc1)NC(=O)[C@H](C)NC(=O)[C@H](Cc1ccc(O)cc1)NC(=O)[C@H](CO)NC(=O)[C@H](CCC(=O)O)NC(=O)[C@H](CC(C)C)NC(=O)[C@H](C)N)C(=O)O. The molecule has 0 spiro atoms. The molecule has 0 radical (unpaired) electrons. The number of carbonyl (C=O) groups excluding carboxylic acids is 9. The van der Waals surface area contributed by atoms with Crippen LogP contribution in [0.3, 0.4) is 0 Å². The van der Waals surface area contributed by atoms with Crippen LogP contribution in [0.2, 0.25) is 0 Å². The van der Waals surface area contributed by atoms with Gasteiger partial charge in [0, 0.05) is 19.3 Å². The van der Waals surface area contributed by atoms with E-state index < -0.39 is 145 Å². The molecule has 2 rings (SSSR count). The minimum Gasteiger partial charge on any atom is -0.508 e. The Morgan fingerprint density at radius 3 is 1.52 bits per heavy atom. The highest BCUT2D eigenvalue weighted by atomic mass is 32.2. The second-order valence-corrected chi connectivity index (χ2v) is 18.5. The van der Waals surface area contributed by atoms with Gasteiger partial charge in [-0.15, -0.1) is 0 Å². The molecule has 402 valence electrons. The van der Waals surface area contributed by atoms with Crippen molar-refractivity contribution in [3.8, 4) is 5.75 Å². The zero-order chi connectivity index (χ0) is 54.9. The van der Waals surface area contributed by atoms with Crippen LogP contribution in [-0.2, 0) is 65.6 Å². The van der Waals surface area contributed by atoms with Crippen molar-refractivity contribution in [3.63, 3.8) is 0 Å². The maximum atomic E-state index is 14.0. The van der Waals surface area contributed by atoms with Gasteiger partial charge in [0.2, 0.25) is 53.2 Å². The third-order valence-electron chi connectivity index (χ3n) is 10.8. The van der Waals surface area contributed by atoms with Gasteiger partial charge in [0.15, 0.2) is 0 Å². The number of benzene rings is 2. The quantitative estimate of drug-likeness (QED) is 0.0348. The molecule has 0 aliphatic rings. The first-order valence-corrected chi connectivity index (χ1v) is 24.6. The number of hydrogen-bond acceptors (Lipinski definition) is 15. The fourth-order valence-corrected chi connectivity index (χ4v) is 7.29. The van der Waals surface area contributed by atoms with Crippen LogP contribution in [0.5, 0.6) is 5.75 Å². The van der Waals surface area contributed by atoms with Gasteiger partial charge in [-0.3, -0.25) is 47.9 Å². The number of aromatic hydroxyl groups is 1. The number of aliphatic hydroxyl groups is 1. The van der Waals surface area contributed by atoms with Gasteiger partial charge in [-0.25, -0.2) is 4.79 Å². The lowest BCUT2D eigenvalue weighted by atomic mass is 10.0. The third kappa shape index (κ3) is 22.8. The normalized spacial score (nSPS) is 14.7. The number of primary amides is 1. The van der Waals surface area contributed by atoms with E-state index in [-0.39, 0.29) is 37.4 Å². The lowest BCUT2D eigenvalue weighted by molar-refractivity contribution is -0.142. The van der Waals surface area contributed by atoms with E-state index in [0.29, 0.717) is 16.9 Å². The van der Waals surface area contributed by atoms with E-state index in [4.69, 9.17) is 11.5 Å². The van der Waals surface area contributed by atoms with Gasteiger partial charge in [-0.1, -0.05) is 56.3 Å². The molecule has 0 aromatic heterocycles. The van der Waals surface area contributed by atoms with Crippen molar-refractivity contribution in [3.05, 3.63) is 65.7 Å². The van der Waals surface area contributed by atoms with E-state index in [2.05, 4.69) is 42.5 Å². The predicted molar refractivity (Wildman–Crippen MR) is 265 cm³/mol. The molecular weight excluding hydrogens is 977 g/mol. The monoisotopic (exact) mass is 1040 g/mol. The third-order valence-corrected chi connectivity index (χ3v) is 11.4. The molecule has 2 aromatic carbocycles. The fourth-order valence-electron chi connectivity index (χ4n) is 6.81. The molecule has 16 N–H and O–H groups in total. The number of carboxylic acid groups (broad SMARTS) is 2. The highest BCUT2D eigenvalue weighted by Crippen LogP contribution is 2.13. The second kappa shape index (κ2) is 31.2. The van der Waals surface area contributed by atoms with Gasteiger partial charge in [0.05, 0.1) is 19.1 Å². The molecule has 25 nitrogen and oxygen atoms in total. The molecule has 9 amide bonds. The maximum Gasteiger partial charge on any atom is 0.326 e. The molecule has 0 saturated heterocycles. The van der Waals surface area contributed by atoms with Gasteiger partial charge in [0.25, 0.3) is 0 Å². The highest BCUT2D eigenvalue weighted by Gasteiger charge is 2.35. The zero-order valence-corrected chi connectivity index (χ0v) is 42.0. The standard InChI is InChI=1S/C47H68N10O15S/c1-24(2)19-32(53-39(63)25(3)48)43(67)51-30(15-16-38(61)62)41(65)57-36(23-58)46(70)55-33(21-28-11-13-29(59)14-12-28)42(66)50-26(4)40(64)54-34(20-27-9-7-6-8-10-27)44(68)56-35(22-37(49)60)45(69)52-31(47(71)72)17-18-73-5/h6-14,24-26,30-36,58-59H,15-23,48H2,1-5H3,(H2,49,60)(H,50,66)(H,51,67)(H,52,69)(H,53,63)(H,54,64)(H,55,70)(H,56,68)(H,57,65)(H,61,62)(H,71,72)/t25-,26-,30-,31-,32-,33-,34-,35-,36-/m0/s1. The number of nitrogens with two attached hydrogens (primary N) is 2. The van der Waals surface area contributed by atoms with Crippen LogP contribution in [0.1, 0.15) is 70.9 Å². The summed E-state index contributed by atoms with van der Waals surface area (Å²) in [5, 5.41) is 58.4. The van der Waals surface area contributed by atoms with Gasteiger partial charge in [-0.2, -0.15) is 11.8 Å². The van der Waals surface area contributed by atoms with E-state index in [0.717, 1.165) is 0 Å². The van der Waals surface area contributed by atoms with Crippen LogP contribution < -0.4 is 54.0 Å². The molecule has 9 atom stereocenters. The number of nitrogens with one attached hydrogen (secondary N) is 8. The Morgan fingerprint density at radius 2 is 1.00 bits per heavy atom. The van der Waals surface area contributed by atoms with Gasteiger partial charge in [-0.05, 0) is 74.3 Å². The van der Waals surface area contributed by atoms with Crippen molar-refractivity contribution in [2.45, 2.75) is 127 Å². The number of carboxylic acids is 2. The van der Waals surface area contributed by atoms with Crippen molar-refractivity contribution in [1.82, 2.24) is 42.5 Å². The first kappa shape index (κ1) is 61.8. The van der Waals surface area contributed by atoms with Crippen LogP contribution >= 0.6 is 11.8 Å². The Bertz CT molecular complexity index is 2240. The zero-order valence-electron chi connectivity index (χ0n) is 41.2. The number of thioether (sulfide) groups is 1. The van der Waals surface area contributed by atoms with Gasteiger partial charge >= 0.3 is 11.9 Å². The summed E-state index contributed by atoms with van der Waals surface area (Å²) in [5.41, 5.74) is 11.9. The molecule has 2 aromatic rings. The van der Waals surface area contributed by atoms with Gasteiger partial charge < -0.3 is 74.4 Å². The number of amides is 9. The topological polar surface area (TPSA) is 417 Å². The van der Waals surface area contributed by atoms with Crippen LogP contribution in [0.15, 0.2) is 54.6 Å². The first-order chi connectivity index (χ1) is 34.3. The summed E-state index contributed by atoms with van der Waals surface area (Å²) in [6.07, 6.45) is -0.502. The average Bonchev–Trinajstić information content (AvgIpc) is 3.32. The summed E-state index contributed by atoms with van der Waals surface area (Å²) in [5.74, 6) is -11.4. The minimum absolute atomic E-state index is 0.0182. The number of aliphatic carboxylic acids is 2. The number of phenolic OH excluding ortho intramolecular Hbond substituents is 1. The van der Waals surface area contributed by atoms with Crippen molar-refractivity contribution < 1.29 is 73.2 Å². The lowest BCUT2D eigenvalue weighted by Crippen LogP contribution is -2.61. The van der Waals surface area contributed by atoms with E-state index in [1.165, 1.54) is 49.9 Å². The van der Waals surface area contributed by atoms with Crippen molar-refractivity contribution in [2.24, 2.45) is 17.4 Å². The second-order valence-electron chi connectivity index (χ2n) is 17.5. The smallest absolute Gasteiger partial charge is 0.326 e. The number of rotatable bonds is 32. The summed E-state index contributed by atoms with van der Waals surface area (Å²) >= 11 is 1.33. The van der Waals surface area contributed by atoms with Crippen molar-refractivity contribution in [2.75, 3.05) is 18.6 Å². The van der Waals surface area contributed by atoms with Gasteiger partial charge in [0.1, 0.15) is 54.1 Å². The van der Waals surface area contributed by atoms with Crippen LogP contribution in [-0.4, -0.2) is 159 Å². The summed E-state index contributed by atoms with van der Waals surface area (Å²) in [6.45, 7) is 5.08. The number of aliphatic hydroxyl groups excluding tert-OH is 1. The Kier molecular flexibility index (Phi) is 26.4. The lowest BCUT2D eigenvalue weighted by Gasteiger charge is -2.27. The van der Waals surface area contributed by atoms with E-state index in [1.807, 2.05) is 0 Å². The Balaban J connectivity index is 2.40. The summed E-state index contributed by atoms with van der Waals surface area (Å²) in [7, 11) is 0. The van der Waals surface area contributed by atoms with E-state index >= 15 is 0 Å². The molecule has 0 aliphatic heterocycles. The molecule has 26 heteroatoms. The summed E-state index contributed by atoms with van der Waals surface area (Å²) < 4.78 is 0. The minimum atomic E-state index is -1.82. The molecule has 73 heavy (non-hydrogen) atoms. The maximum absolute atomic E-state index is 14.0. The van der Waals surface area contributed by atoms with E-state index in [9.17, 15) is 73.2 Å². The predicted octanol–water partition coefficient (Wildman–Crippen LogP) is -2.96. The van der Waals surface area contributed by atoms with E-state index in [1.54, 1.807) is 50.4 Å². The molecule has 0 bridgehead atoms. The molecule has 0 saturated carbocycles. The average molecular weight is 1050 g/mol. The highest BCUT2D eigenvalue weighted by molar-refractivity contribution is 7.98. The molecular formula is C47H68N10O15S. The summed E-state index contributed by atoms with van der Waals surface area (Å²) in [6, 6.07) is 0.520. The fraction of sp³-hybridized carbons (Fsp3) is 0.511. The molecule has 0 aliphatic carbocycles. The number of hydrogen-bond donors (Lipinski definition) is 14. The largest absolute Gasteiger partial charge is 0.508 e. The molecule has 0 heterocycles. The van der Waals surface area contributed by atoms with Crippen molar-refractivity contribution >= 4 is 76.9 Å². The molecule has 0 fully saturated rings. The number of carbonyl (C=O) groups is 11.